The van der Waals surface area contributed by atoms with E-state index < -0.39 is 5.97 Å². The van der Waals surface area contributed by atoms with Crippen molar-refractivity contribution in [2.75, 3.05) is 5.32 Å². The number of aromatic carboxylic acids is 1. The van der Waals surface area contributed by atoms with Gasteiger partial charge in [-0.15, -0.1) is 11.3 Å². The first-order valence-electron chi connectivity index (χ1n) is 4.72. The molecular formula is C10H11NO3S. The van der Waals surface area contributed by atoms with Gasteiger partial charge in [0.05, 0.1) is 5.56 Å². The lowest BCUT2D eigenvalue weighted by molar-refractivity contribution is -0.114. The van der Waals surface area contributed by atoms with Crippen molar-refractivity contribution in [3.8, 4) is 0 Å². The highest BCUT2D eigenvalue weighted by Crippen LogP contribution is 2.45. The van der Waals surface area contributed by atoms with Crippen LogP contribution in [0.1, 0.15) is 40.9 Å². The summed E-state index contributed by atoms with van der Waals surface area (Å²) in [5, 5.41) is 12.0. The van der Waals surface area contributed by atoms with Crippen molar-refractivity contribution in [2.45, 2.75) is 25.7 Å². The smallest absolute Gasteiger partial charge is 0.338 e. The van der Waals surface area contributed by atoms with Gasteiger partial charge in [0.2, 0.25) is 5.91 Å². The van der Waals surface area contributed by atoms with Crippen LogP contribution >= 0.6 is 11.3 Å². The number of rotatable bonds is 3. The van der Waals surface area contributed by atoms with Gasteiger partial charge in [-0.1, -0.05) is 0 Å². The SMILES string of the molecule is CC(=O)Nc1sc(C2CC2)cc1C(=O)O. The van der Waals surface area contributed by atoms with Crippen LogP contribution in [0.3, 0.4) is 0 Å². The van der Waals surface area contributed by atoms with Gasteiger partial charge in [-0.05, 0) is 24.8 Å². The molecule has 15 heavy (non-hydrogen) atoms. The highest BCUT2D eigenvalue weighted by Gasteiger charge is 2.28. The average Bonchev–Trinajstić information content (AvgIpc) is 2.88. The summed E-state index contributed by atoms with van der Waals surface area (Å²) in [6.07, 6.45) is 2.25. The third kappa shape index (κ3) is 2.18. The molecule has 0 saturated heterocycles. The third-order valence-electron chi connectivity index (χ3n) is 2.25. The fourth-order valence-corrected chi connectivity index (χ4v) is 2.66. The summed E-state index contributed by atoms with van der Waals surface area (Å²) in [4.78, 5) is 22.9. The minimum absolute atomic E-state index is 0.206. The second-order valence-corrected chi connectivity index (χ2v) is 4.74. The fourth-order valence-electron chi connectivity index (χ4n) is 1.39. The first-order chi connectivity index (χ1) is 7.08. The van der Waals surface area contributed by atoms with Gasteiger partial charge in [-0.25, -0.2) is 4.79 Å². The summed E-state index contributed by atoms with van der Waals surface area (Å²) in [5.41, 5.74) is 0.206. The van der Waals surface area contributed by atoms with E-state index in [4.69, 9.17) is 5.11 Å². The number of anilines is 1. The Balaban J connectivity index is 2.32. The highest BCUT2D eigenvalue weighted by molar-refractivity contribution is 7.16. The van der Waals surface area contributed by atoms with E-state index in [-0.39, 0.29) is 11.5 Å². The Morgan fingerprint density at radius 3 is 2.67 bits per heavy atom. The van der Waals surface area contributed by atoms with Gasteiger partial charge in [-0.3, -0.25) is 4.79 Å². The highest BCUT2D eigenvalue weighted by atomic mass is 32.1. The molecule has 0 spiro atoms. The zero-order valence-electron chi connectivity index (χ0n) is 8.24. The minimum Gasteiger partial charge on any atom is -0.478 e. The summed E-state index contributed by atoms with van der Waals surface area (Å²) in [6, 6.07) is 1.68. The number of thiophene rings is 1. The molecule has 1 aromatic heterocycles. The Bertz CT molecular complexity index is 420. The Hall–Kier alpha value is -1.36. The number of hydrogen-bond acceptors (Lipinski definition) is 3. The lowest BCUT2D eigenvalue weighted by Crippen LogP contribution is -2.07. The van der Waals surface area contributed by atoms with Crippen molar-refractivity contribution < 1.29 is 14.7 Å². The Morgan fingerprint density at radius 1 is 1.53 bits per heavy atom. The molecule has 1 aromatic rings. The molecule has 2 rings (SSSR count). The van der Waals surface area contributed by atoms with Gasteiger partial charge in [0.25, 0.3) is 0 Å². The number of carboxylic acids is 1. The van der Waals surface area contributed by atoms with Gasteiger partial charge in [0, 0.05) is 11.8 Å². The van der Waals surface area contributed by atoms with Crippen LogP contribution < -0.4 is 5.32 Å². The van der Waals surface area contributed by atoms with Crippen molar-refractivity contribution >= 4 is 28.2 Å². The lowest BCUT2D eigenvalue weighted by Gasteiger charge is -1.98. The van der Waals surface area contributed by atoms with Crippen LogP contribution in [0.5, 0.6) is 0 Å². The maximum absolute atomic E-state index is 10.9. The van der Waals surface area contributed by atoms with Crippen LogP contribution in [0.4, 0.5) is 5.00 Å². The van der Waals surface area contributed by atoms with Gasteiger partial charge in [-0.2, -0.15) is 0 Å². The summed E-state index contributed by atoms with van der Waals surface area (Å²) in [6.45, 7) is 1.38. The topological polar surface area (TPSA) is 66.4 Å². The second-order valence-electron chi connectivity index (χ2n) is 3.65. The maximum atomic E-state index is 10.9. The number of hydrogen-bond donors (Lipinski definition) is 2. The lowest BCUT2D eigenvalue weighted by atomic mass is 10.2. The number of amides is 1. The first kappa shape index (κ1) is 10.2. The summed E-state index contributed by atoms with van der Waals surface area (Å²) in [7, 11) is 0. The molecule has 1 aliphatic rings. The van der Waals surface area contributed by atoms with E-state index in [0.717, 1.165) is 17.7 Å². The van der Waals surface area contributed by atoms with Crippen LogP contribution in [0.15, 0.2) is 6.07 Å². The van der Waals surface area contributed by atoms with Crippen molar-refractivity contribution in [1.82, 2.24) is 0 Å². The predicted molar refractivity (Wildman–Crippen MR) is 57.6 cm³/mol. The summed E-state index contributed by atoms with van der Waals surface area (Å²) >= 11 is 1.37. The van der Waals surface area contributed by atoms with E-state index in [1.165, 1.54) is 18.3 Å². The molecule has 0 atom stereocenters. The third-order valence-corrected chi connectivity index (χ3v) is 3.46. The summed E-state index contributed by atoms with van der Waals surface area (Å²) < 4.78 is 0. The van der Waals surface area contributed by atoms with Crippen molar-refractivity contribution in [2.24, 2.45) is 0 Å². The second kappa shape index (κ2) is 3.66. The molecule has 1 aliphatic carbocycles. The van der Waals surface area contributed by atoms with Gasteiger partial charge in [0.1, 0.15) is 5.00 Å². The number of carboxylic acid groups (broad SMARTS) is 1. The van der Waals surface area contributed by atoms with Gasteiger partial charge in [0.15, 0.2) is 0 Å². The van der Waals surface area contributed by atoms with E-state index in [0.29, 0.717) is 10.9 Å². The maximum Gasteiger partial charge on any atom is 0.338 e. The Morgan fingerprint density at radius 2 is 2.20 bits per heavy atom. The minimum atomic E-state index is -0.984. The zero-order chi connectivity index (χ0) is 11.0. The largest absolute Gasteiger partial charge is 0.478 e. The Labute approximate surface area is 90.9 Å². The molecule has 0 unspecified atom stereocenters. The molecular weight excluding hydrogens is 214 g/mol. The average molecular weight is 225 g/mol. The first-order valence-corrected chi connectivity index (χ1v) is 5.54. The molecule has 4 nitrogen and oxygen atoms in total. The Kier molecular flexibility index (Phi) is 2.48. The molecule has 2 N–H and O–H groups in total. The van der Waals surface area contributed by atoms with Crippen LogP contribution in [0, 0.1) is 0 Å². The number of carbonyl (C=O) groups is 2. The molecule has 5 heteroatoms. The van der Waals surface area contributed by atoms with Crippen molar-refractivity contribution in [3.05, 3.63) is 16.5 Å². The van der Waals surface area contributed by atoms with E-state index in [2.05, 4.69) is 5.32 Å². The molecule has 80 valence electrons. The van der Waals surface area contributed by atoms with E-state index in [1.54, 1.807) is 6.07 Å². The molecule has 0 radical (unpaired) electrons. The predicted octanol–water partition coefficient (Wildman–Crippen LogP) is 2.28. The van der Waals surface area contributed by atoms with Crippen LogP contribution in [0.25, 0.3) is 0 Å². The normalized spacial score (nSPS) is 15.0. The van der Waals surface area contributed by atoms with E-state index in [1.807, 2.05) is 0 Å². The number of nitrogens with one attached hydrogen (secondary N) is 1. The van der Waals surface area contributed by atoms with Gasteiger partial charge >= 0.3 is 5.97 Å². The molecule has 0 aliphatic heterocycles. The molecule has 1 amide bonds. The van der Waals surface area contributed by atoms with Crippen LogP contribution in [-0.4, -0.2) is 17.0 Å². The molecule has 1 saturated carbocycles. The van der Waals surface area contributed by atoms with Crippen LogP contribution in [-0.2, 0) is 4.79 Å². The molecule has 1 heterocycles. The van der Waals surface area contributed by atoms with E-state index >= 15 is 0 Å². The standard InChI is InChI=1S/C10H11NO3S/c1-5(12)11-9-7(10(13)14)4-8(15-9)6-2-3-6/h4,6H,2-3H2,1H3,(H,11,12)(H,13,14). The quantitative estimate of drug-likeness (QED) is 0.829. The van der Waals surface area contributed by atoms with Crippen molar-refractivity contribution in [3.63, 3.8) is 0 Å². The molecule has 0 bridgehead atoms. The van der Waals surface area contributed by atoms with Crippen LogP contribution in [0.2, 0.25) is 0 Å². The zero-order valence-corrected chi connectivity index (χ0v) is 9.06. The van der Waals surface area contributed by atoms with Gasteiger partial charge < -0.3 is 10.4 Å². The number of carbonyl (C=O) groups excluding carboxylic acids is 1. The summed E-state index contributed by atoms with van der Waals surface area (Å²) in [5.74, 6) is -0.709. The van der Waals surface area contributed by atoms with Crippen molar-refractivity contribution in [1.29, 1.82) is 0 Å². The fraction of sp³-hybridized carbons (Fsp3) is 0.400. The molecule has 1 fully saturated rings. The monoisotopic (exact) mass is 225 g/mol. The molecule has 0 aromatic carbocycles. The van der Waals surface area contributed by atoms with E-state index in [9.17, 15) is 9.59 Å².